The molecule has 1 fully saturated rings. The zero-order chi connectivity index (χ0) is 19.4. The number of halogens is 1. The molecule has 0 saturated carbocycles. The summed E-state index contributed by atoms with van der Waals surface area (Å²) >= 11 is 6.38. The molecule has 0 aliphatic carbocycles. The lowest BCUT2D eigenvalue weighted by Gasteiger charge is -2.19. The summed E-state index contributed by atoms with van der Waals surface area (Å²) in [7, 11) is 0. The van der Waals surface area contributed by atoms with Gasteiger partial charge in [-0.3, -0.25) is 0 Å². The first-order valence-corrected chi connectivity index (χ1v) is 9.52. The highest BCUT2D eigenvalue weighted by atomic mass is 35.5. The van der Waals surface area contributed by atoms with Crippen LogP contribution < -0.4 is 4.74 Å². The highest BCUT2D eigenvalue weighted by Gasteiger charge is 2.38. The number of aliphatic hydroxyl groups is 3. The lowest BCUT2D eigenvalue weighted by atomic mass is 9.98. The van der Waals surface area contributed by atoms with Crippen molar-refractivity contribution in [3.05, 3.63) is 64.2 Å². The fourth-order valence-electron chi connectivity index (χ4n) is 3.38. The SMILES string of the molecule is CCOc1ccc(Cc2cc(C3CC(O)C(C(O)CO)O3)ccc2Cl)cc1. The Balaban J connectivity index is 1.74. The Bertz CT molecular complexity index is 749. The third kappa shape index (κ3) is 4.81. The molecule has 27 heavy (non-hydrogen) atoms. The van der Waals surface area contributed by atoms with Crippen LogP contribution in [0.15, 0.2) is 42.5 Å². The van der Waals surface area contributed by atoms with Crippen LogP contribution in [0.3, 0.4) is 0 Å². The van der Waals surface area contributed by atoms with Gasteiger partial charge in [0.1, 0.15) is 18.0 Å². The summed E-state index contributed by atoms with van der Waals surface area (Å²) < 4.78 is 11.2. The Labute approximate surface area is 164 Å². The Kier molecular flexibility index (Phi) is 6.73. The predicted molar refractivity (Wildman–Crippen MR) is 103 cm³/mol. The summed E-state index contributed by atoms with van der Waals surface area (Å²) in [5.41, 5.74) is 2.97. The van der Waals surface area contributed by atoms with Crippen LogP contribution in [0.5, 0.6) is 5.75 Å². The van der Waals surface area contributed by atoms with Crippen molar-refractivity contribution in [3.8, 4) is 5.75 Å². The minimum atomic E-state index is -1.10. The molecule has 1 aliphatic heterocycles. The molecule has 5 nitrogen and oxygen atoms in total. The molecule has 0 bridgehead atoms. The smallest absolute Gasteiger partial charge is 0.119 e. The number of rotatable bonds is 7. The van der Waals surface area contributed by atoms with Gasteiger partial charge in [0.25, 0.3) is 0 Å². The maximum absolute atomic E-state index is 10.1. The molecular weight excluding hydrogens is 368 g/mol. The minimum Gasteiger partial charge on any atom is -0.494 e. The van der Waals surface area contributed by atoms with Gasteiger partial charge in [0.15, 0.2) is 0 Å². The summed E-state index contributed by atoms with van der Waals surface area (Å²) in [5, 5.41) is 29.7. The van der Waals surface area contributed by atoms with Crippen molar-refractivity contribution in [2.75, 3.05) is 13.2 Å². The van der Waals surface area contributed by atoms with Gasteiger partial charge in [-0.25, -0.2) is 0 Å². The number of ether oxygens (including phenoxy) is 2. The van der Waals surface area contributed by atoms with Gasteiger partial charge in [0.05, 0.1) is 25.4 Å². The van der Waals surface area contributed by atoms with Crippen molar-refractivity contribution in [2.24, 2.45) is 0 Å². The van der Waals surface area contributed by atoms with E-state index in [0.717, 1.165) is 22.4 Å². The van der Waals surface area contributed by atoms with E-state index in [1.54, 1.807) is 0 Å². The van der Waals surface area contributed by atoms with E-state index < -0.39 is 24.9 Å². The molecule has 2 aromatic rings. The normalized spacial score (nSPS) is 23.4. The van der Waals surface area contributed by atoms with Crippen LogP contribution >= 0.6 is 11.6 Å². The van der Waals surface area contributed by atoms with Gasteiger partial charge in [-0.1, -0.05) is 35.9 Å². The average molecular weight is 393 g/mol. The Morgan fingerprint density at radius 2 is 1.96 bits per heavy atom. The molecule has 146 valence electrons. The predicted octanol–water partition coefficient (Wildman–Crippen LogP) is 2.87. The third-order valence-electron chi connectivity index (χ3n) is 4.79. The van der Waals surface area contributed by atoms with E-state index in [1.165, 1.54) is 0 Å². The maximum Gasteiger partial charge on any atom is 0.119 e. The van der Waals surface area contributed by atoms with E-state index in [1.807, 2.05) is 49.4 Å². The molecule has 4 unspecified atom stereocenters. The molecule has 2 aromatic carbocycles. The Hall–Kier alpha value is -1.63. The van der Waals surface area contributed by atoms with E-state index in [2.05, 4.69) is 0 Å². The van der Waals surface area contributed by atoms with E-state index in [4.69, 9.17) is 26.2 Å². The second-order valence-electron chi connectivity index (χ2n) is 6.75. The first-order chi connectivity index (χ1) is 13.0. The fraction of sp³-hybridized carbons (Fsp3) is 0.429. The molecule has 0 aromatic heterocycles. The van der Waals surface area contributed by atoms with Crippen LogP contribution in [-0.4, -0.2) is 46.8 Å². The van der Waals surface area contributed by atoms with E-state index >= 15 is 0 Å². The van der Waals surface area contributed by atoms with Gasteiger partial charge in [-0.05, 0) is 48.2 Å². The average Bonchev–Trinajstić information content (AvgIpc) is 3.06. The summed E-state index contributed by atoms with van der Waals surface area (Å²) in [6.45, 7) is 2.13. The van der Waals surface area contributed by atoms with Gasteiger partial charge < -0.3 is 24.8 Å². The molecule has 0 radical (unpaired) electrons. The second-order valence-corrected chi connectivity index (χ2v) is 7.15. The zero-order valence-electron chi connectivity index (χ0n) is 15.2. The summed E-state index contributed by atoms with van der Waals surface area (Å²) in [5.74, 6) is 0.836. The summed E-state index contributed by atoms with van der Waals surface area (Å²) in [6.07, 6.45) is -2.01. The molecule has 1 aliphatic rings. The quantitative estimate of drug-likeness (QED) is 0.675. The van der Waals surface area contributed by atoms with Gasteiger partial charge >= 0.3 is 0 Å². The highest BCUT2D eigenvalue weighted by molar-refractivity contribution is 6.31. The van der Waals surface area contributed by atoms with Crippen molar-refractivity contribution < 1.29 is 24.8 Å². The number of hydrogen-bond donors (Lipinski definition) is 3. The van der Waals surface area contributed by atoms with Crippen LogP contribution in [0.4, 0.5) is 0 Å². The minimum absolute atomic E-state index is 0.345. The maximum atomic E-state index is 10.1. The lowest BCUT2D eigenvalue weighted by molar-refractivity contribution is -0.0820. The lowest BCUT2D eigenvalue weighted by Crippen LogP contribution is -2.36. The molecule has 4 atom stereocenters. The molecule has 3 N–H and O–H groups in total. The second kappa shape index (κ2) is 9.04. The largest absolute Gasteiger partial charge is 0.494 e. The topological polar surface area (TPSA) is 79.2 Å². The van der Waals surface area contributed by atoms with Crippen LogP contribution in [0.25, 0.3) is 0 Å². The first-order valence-electron chi connectivity index (χ1n) is 9.14. The number of benzene rings is 2. The van der Waals surface area contributed by atoms with E-state index in [-0.39, 0.29) is 6.10 Å². The molecular formula is C21H25ClO5. The van der Waals surface area contributed by atoms with Crippen molar-refractivity contribution in [3.63, 3.8) is 0 Å². The standard InChI is InChI=1S/C21H25ClO5/c1-2-26-16-6-3-13(4-7-16)9-15-10-14(5-8-17(15)22)20-11-18(24)21(27-20)19(25)12-23/h3-8,10,18-21,23-25H,2,9,11-12H2,1H3. The number of aliphatic hydroxyl groups excluding tert-OH is 3. The van der Waals surface area contributed by atoms with Crippen molar-refractivity contribution in [1.29, 1.82) is 0 Å². The third-order valence-corrected chi connectivity index (χ3v) is 5.16. The van der Waals surface area contributed by atoms with E-state index in [9.17, 15) is 10.2 Å². The van der Waals surface area contributed by atoms with Crippen LogP contribution in [-0.2, 0) is 11.2 Å². The first kappa shape index (κ1) is 20.1. The summed E-state index contributed by atoms with van der Waals surface area (Å²) in [6, 6.07) is 13.6. The van der Waals surface area contributed by atoms with Gasteiger partial charge in [0, 0.05) is 11.4 Å². The van der Waals surface area contributed by atoms with Gasteiger partial charge in [0.2, 0.25) is 0 Å². The Morgan fingerprint density at radius 3 is 2.63 bits per heavy atom. The van der Waals surface area contributed by atoms with Gasteiger partial charge in [-0.2, -0.15) is 0 Å². The monoisotopic (exact) mass is 392 g/mol. The van der Waals surface area contributed by atoms with Crippen molar-refractivity contribution in [1.82, 2.24) is 0 Å². The van der Waals surface area contributed by atoms with Crippen LogP contribution in [0.1, 0.15) is 36.1 Å². The molecule has 1 saturated heterocycles. The molecule has 6 heteroatoms. The fourth-order valence-corrected chi connectivity index (χ4v) is 3.56. The molecule has 3 rings (SSSR count). The Morgan fingerprint density at radius 1 is 1.22 bits per heavy atom. The highest BCUT2D eigenvalue weighted by Crippen LogP contribution is 2.36. The van der Waals surface area contributed by atoms with Crippen LogP contribution in [0.2, 0.25) is 5.02 Å². The van der Waals surface area contributed by atoms with Crippen molar-refractivity contribution in [2.45, 2.75) is 44.2 Å². The molecule has 1 heterocycles. The molecule has 0 amide bonds. The van der Waals surface area contributed by atoms with Gasteiger partial charge in [-0.15, -0.1) is 0 Å². The zero-order valence-corrected chi connectivity index (χ0v) is 16.0. The van der Waals surface area contributed by atoms with E-state index in [0.29, 0.717) is 24.5 Å². The van der Waals surface area contributed by atoms with Crippen molar-refractivity contribution >= 4 is 11.6 Å². The number of hydrogen-bond acceptors (Lipinski definition) is 5. The molecule has 0 spiro atoms. The van der Waals surface area contributed by atoms with Crippen LogP contribution in [0, 0.1) is 0 Å². The summed E-state index contributed by atoms with van der Waals surface area (Å²) in [4.78, 5) is 0.